The molecule has 1 aliphatic rings. The average molecular weight is 222 g/mol. The summed E-state index contributed by atoms with van der Waals surface area (Å²) in [6.45, 7) is 2.89. The van der Waals surface area contributed by atoms with Crippen LogP contribution < -0.4 is 5.32 Å². The van der Waals surface area contributed by atoms with Crippen LogP contribution in [0, 0.1) is 16.7 Å². The molecule has 0 bridgehead atoms. The summed E-state index contributed by atoms with van der Waals surface area (Å²) in [6, 6.07) is 2.22. The zero-order chi connectivity index (χ0) is 11.9. The van der Waals surface area contributed by atoms with Crippen LogP contribution in [0.1, 0.15) is 58.3 Å². The van der Waals surface area contributed by atoms with Crippen molar-refractivity contribution in [2.75, 3.05) is 6.54 Å². The Morgan fingerprint density at radius 3 is 2.56 bits per heavy atom. The Morgan fingerprint density at radius 2 is 2.00 bits per heavy atom. The third kappa shape index (κ3) is 3.23. The maximum atomic E-state index is 11.9. The van der Waals surface area contributed by atoms with E-state index in [1.54, 1.807) is 0 Å². The Labute approximate surface area is 98.2 Å². The quantitative estimate of drug-likeness (QED) is 0.702. The number of rotatable bonds is 6. The molecular formula is C13H22N2O. The highest BCUT2D eigenvalue weighted by atomic mass is 16.2. The number of hydrogen-bond donors (Lipinski definition) is 1. The van der Waals surface area contributed by atoms with Gasteiger partial charge in [0.25, 0.3) is 0 Å². The lowest BCUT2D eigenvalue weighted by Crippen LogP contribution is -2.38. The van der Waals surface area contributed by atoms with E-state index >= 15 is 0 Å². The number of nitriles is 1. The van der Waals surface area contributed by atoms with Gasteiger partial charge in [-0.15, -0.1) is 0 Å². The summed E-state index contributed by atoms with van der Waals surface area (Å²) in [6.07, 6.45) is 8.12. The lowest BCUT2D eigenvalue weighted by molar-refractivity contribution is -0.127. The predicted octanol–water partition coefficient (Wildman–Crippen LogP) is 2.77. The molecule has 0 aliphatic heterocycles. The van der Waals surface area contributed by atoms with Crippen molar-refractivity contribution < 1.29 is 4.79 Å². The molecule has 1 fully saturated rings. The minimum Gasteiger partial charge on any atom is -0.355 e. The first-order chi connectivity index (χ1) is 7.75. The Hall–Kier alpha value is -1.04. The summed E-state index contributed by atoms with van der Waals surface area (Å²) in [5.41, 5.74) is -0.704. The molecule has 1 aliphatic carbocycles. The van der Waals surface area contributed by atoms with Gasteiger partial charge in [0.2, 0.25) is 5.91 Å². The van der Waals surface area contributed by atoms with Gasteiger partial charge < -0.3 is 5.32 Å². The van der Waals surface area contributed by atoms with Crippen molar-refractivity contribution in [2.45, 2.75) is 58.3 Å². The van der Waals surface area contributed by atoms with Gasteiger partial charge in [0, 0.05) is 6.54 Å². The molecule has 0 heterocycles. The molecule has 3 nitrogen and oxygen atoms in total. The zero-order valence-corrected chi connectivity index (χ0v) is 10.2. The fraction of sp³-hybridized carbons (Fsp3) is 0.846. The van der Waals surface area contributed by atoms with Crippen LogP contribution >= 0.6 is 0 Å². The van der Waals surface area contributed by atoms with E-state index in [4.69, 9.17) is 5.26 Å². The lowest BCUT2D eigenvalue weighted by Gasteiger charge is -2.19. The number of amides is 1. The highest BCUT2D eigenvalue weighted by Crippen LogP contribution is 2.37. The molecule has 90 valence electrons. The smallest absolute Gasteiger partial charge is 0.240 e. The van der Waals surface area contributed by atoms with Crippen LogP contribution in [0.25, 0.3) is 0 Å². The summed E-state index contributed by atoms with van der Waals surface area (Å²) in [7, 11) is 0. The summed E-state index contributed by atoms with van der Waals surface area (Å²) in [4.78, 5) is 11.9. The molecule has 0 aromatic carbocycles. The molecule has 0 saturated heterocycles. The van der Waals surface area contributed by atoms with Gasteiger partial charge in [-0.1, -0.05) is 39.0 Å². The van der Waals surface area contributed by atoms with Gasteiger partial charge in [-0.2, -0.15) is 5.26 Å². The van der Waals surface area contributed by atoms with Gasteiger partial charge in [-0.3, -0.25) is 4.79 Å². The molecule has 1 N–H and O–H groups in total. The van der Waals surface area contributed by atoms with Gasteiger partial charge in [-0.25, -0.2) is 0 Å². The monoisotopic (exact) mass is 222 g/mol. The largest absolute Gasteiger partial charge is 0.355 e. The zero-order valence-electron chi connectivity index (χ0n) is 10.2. The molecule has 0 radical (unpaired) electrons. The van der Waals surface area contributed by atoms with Crippen molar-refractivity contribution in [3.8, 4) is 6.07 Å². The second-order valence-corrected chi connectivity index (χ2v) is 4.72. The van der Waals surface area contributed by atoms with E-state index in [0.717, 1.165) is 45.1 Å². The number of unbranched alkanes of at least 4 members (excludes halogenated alkanes) is 3. The third-order valence-electron chi connectivity index (χ3n) is 3.42. The molecule has 0 atom stereocenters. The normalized spacial score (nSPS) is 18.0. The number of nitrogens with one attached hydrogen (secondary N) is 1. The van der Waals surface area contributed by atoms with Crippen molar-refractivity contribution in [2.24, 2.45) is 5.41 Å². The van der Waals surface area contributed by atoms with Crippen molar-refractivity contribution in [1.82, 2.24) is 5.32 Å². The van der Waals surface area contributed by atoms with E-state index in [1.807, 2.05) is 0 Å². The second-order valence-electron chi connectivity index (χ2n) is 4.72. The Balaban J connectivity index is 2.26. The van der Waals surface area contributed by atoms with Gasteiger partial charge in [0.1, 0.15) is 5.41 Å². The lowest BCUT2D eigenvalue weighted by atomic mass is 9.87. The number of carbonyl (C=O) groups excluding carboxylic acids is 1. The first-order valence-electron chi connectivity index (χ1n) is 6.45. The highest BCUT2D eigenvalue weighted by molar-refractivity contribution is 5.85. The summed E-state index contributed by atoms with van der Waals surface area (Å²) in [5.74, 6) is -0.0380. The minimum absolute atomic E-state index is 0.0380. The standard InChI is InChI=1S/C13H22N2O/c1-2-3-4-7-10-15-12(16)13(11-14)8-5-6-9-13/h2-10H2,1H3,(H,15,16). The van der Waals surface area contributed by atoms with E-state index < -0.39 is 5.41 Å². The Morgan fingerprint density at radius 1 is 1.31 bits per heavy atom. The Kier molecular flexibility index (Phi) is 5.31. The van der Waals surface area contributed by atoms with E-state index in [9.17, 15) is 4.79 Å². The van der Waals surface area contributed by atoms with Crippen LogP contribution in [0.5, 0.6) is 0 Å². The summed E-state index contributed by atoms with van der Waals surface area (Å²) >= 11 is 0. The average Bonchev–Trinajstić information content (AvgIpc) is 2.78. The van der Waals surface area contributed by atoms with E-state index in [0.29, 0.717) is 0 Å². The Bertz CT molecular complexity index is 262. The van der Waals surface area contributed by atoms with Crippen LogP contribution in [-0.4, -0.2) is 12.5 Å². The van der Waals surface area contributed by atoms with Crippen molar-refractivity contribution in [3.05, 3.63) is 0 Å². The topological polar surface area (TPSA) is 52.9 Å². The van der Waals surface area contributed by atoms with E-state index in [1.165, 1.54) is 12.8 Å². The van der Waals surface area contributed by atoms with Crippen molar-refractivity contribution >= 4 is 5.91 Å². The molecule has 16 heavy (non-hydrogen) atoms. The highest BCUT2D eigenvalue weighted by Gasteiger charge is 2.41. The molecule has 1 amide bonds. The molecule has 0 spiro atoms. The fourth-order valence-corrected chi connectivity index (χ4v) is 2.29. The number of carbonyl (C=O) groups is 1. The SMILES string of the molecule is CCCCCCNC(=O)C1(C#N)CCCC1. The van der Waals surface area contributed by atoms with Crippen LogP contribution in [0.3, 0.4) is 0 Å². The summed E-state index contributed by atoms with van der Waals surface area (Å²) in [5, 5.41) is 12.0. The predicted molar refractivity (Wildman–Crippen MR) is 63.7 cm³/mol. The van der Waals surface area contributed by atoms with E-state index in [2.05, 4.69) is 18.3 Å². The van der Waals surface area contributed by atoms with Crippen LogP contribution in [0.2, 0.25) is 0 Å². The maximum Gasteiger partial charge on any atom is 0.240 e. The van der Waals surface area contributed by atoms with Crippen LogP contribution in [0.4, 0.5) is 0 Å². The first-order valence-corrected chi connectivity index (χ1v) is 6.45. The number of hydrogen-bond acceptors (Lipinski definition) is 2. The fourth-order valence-electron chi connectivity index (χ4n) is 2.29. The molecule has 1 rings (SSSR count). The molecule has 0 unspecified atom stereocenters. The van der Waals surface area contributed by atoms with Crippen LogP contribution in [-0.2, 0) is 4.79 Å². The van der Waals surface area contributed by atoms with Gasteiger partial charge in [-0.05, 0) is 19.3 Å². The molecule has 0 aromatic rings. The second kappa shape index (κ2) is 6.52. The van der Waals surface area contributed by atoms with Gasteiger partial charge in [0.15, 0.2) is 0 Å². The van der Waals surface area contributed by atoms with Crippen molar-refractivity contribution in [3.63, 3.8) is 0 Å². The molecule has 0 aromatic heterocycles. The van der Waals surface area contributed by atoms with E-state index in [-0.39, 0.29) is 5.91 Å². The van der Waals surface area contributed by atoms with Gasteiger partial charge in [0.05, 0.1) is 6.07 Å². The van der Waals surface area contributed by atoms with Gasteiger partial charge >= 0.3 is 0 Å². The molecule has 3 heteroatoms. The first kappa shape index (κ1) is 13.0. The number of nitrogens with zero attached hydrogens (tertiary/aromatic N) is 1. The molecule has 1 saturated carbocycles. The summed E-state index contributed by atoms with van der Waals surface area (Å²) < 4.78 is 0. The molecular weight excluding hydrogens is 200 g/mol. The maximum absolute atomic E-state index is 11.9. The third-order valence-corrected chi connectivity index (χ3v) is 3.42. The van der Waals surface area contributed by atoms with Crippen molar-refractivity contribution in [1.29, 1.82) is 5.26 Å². The van der Waals surface area contributed by atoms with Crippen LogP contribution in [0.15, 0.2) is 0 Å². The minimum atomic E-state index is -0.704.